The van der Waals surface area contributed by atoms with Gasteiger partial charge in [0.2, 0.25) is 17.7 Å². The molecule has 6 nitrogen and oxygen atoms in total. The van der Waals surface area contributed by atoms with Crippen molar-refractivity contribution in [2.24, 2.45) is 5.92 Å². The summed E-state index contributed by atoms with van der Waals surface area (Å²) in [6, 6.07) is 6.16. The number of halogens is 1. The fraction of sp³-hybridized carbons (Fsp3) is 0.526. The highest BCUT2D eigenvalue weighted by molar-refractivity contribution is 5.93. The first-order chi connectivity index (χ1) is 12.4. The summed E-state index contributed by atoms with van der Waals surface area (Å²) in [5.41, 5.74) is 0.350. The maximum Gasteiger partial charge on any atom is 0.233 e. The summed E-state index contributed by atoms with van der Waals surface area (Å²) >= 11 is 0. The highest BCUT2D eigenvalue weighted by atomic mass is 19.1. The summed E-state index contributed by atoms with van der Waals surface area (Å²) in [4.78, 5) is 40.4. The van der Waals surface area contributed by atoms with Gasteiger partial charge in [0.25, 0.3) is 0 Å². The summed E-state index contributed by atoms with van der Waals surface area (Å²) in [7, 11) is 1.57. The van der Waals surface area contributed by atoms with Crippen LogP contribution < -0.4 is 5.32 Å². The second-order valence-electron chi connectivity index (χ2n) is 7.51. The van der Waals surface area contributed by atoms with Crippen LogP contribution in [0.25, 0.3) is 0 Å². The van der Waals surface area contributed by atoms with E-state index in [4.69, 9.17) is 0 Å². The van der Waals surface area contributed by atoms with Gasteiger partial charge in [0, 0.05) is 33.1 Å². The zero-order valence-electron chi connectivity index (χ0n) is 14.7. The summed E-state index contributed by atoms with van der Waals surface area (Å²) in [5.74, 6) is -0.669. The second kappa shape index (κ2) is 6.07. The predicted molar refractivity (Wildman–Crippen MR) is 91.6 cm³/mol. The van der Waals surface area contributed by atoms with Crippen LogP contribution in [-0.2, 0) is 19.8 Å². The maximum atomic E-state index is 13.1. The monoisotopic (exact) mass is 359 g/mol. The fourth-order valence-corrected chi connectivity index (χ4v) is 4.11. The maximum absolute atomic E-state index is 13.1. The molecular formula is C19H22FN3O3. The van der Waals surface area contributed by atoms with Crippen molar-refractivity contribution in [1.82, 2.24) is 15.1 Å². The number of benzene rings is 1. The van der Waals surface area contributed by atoms with Crippen LogP contribution in [0.4, 0.5) is 4.39 Å². The average molecular weight is 359 g/mol. The SMILES string of the molecule is CNC(=O)C1CC(=O)N(C2CN(C(=O)C3(c4ccc(F)cc4)CC3)C2)C1. The zero-order chi connectivity index (χ0) is 18.5. The number of carbonyl (C=O) groups is 3. The Balaban J connectivity index is 1.38. The predicted octanol–water partition coefficient (Wildman–Crippen LogP) is 0.663. The molecule has 26 heavy (non-hydrogen) atoms. The molecule has 1 aromatic carbocycles. The molecule has 7 heteroatoms. The zero-order valence-corrected chi connectivity index (χ0v) is 14.7. The third-order valence-electron chi connectivity index (χ3n) is 5.92. The van der Waals surface area contributed by atoms with Crippen molar-refractivity contribution in [2.75, 3.05) is 26.7 Å². The smallest absolute Gasteiger partial charge is 0.233 e. The first-order valence-electron chi connectivity index (χ1n) is 9.01. The van der Waals surface area contributed by atoms with Crippen LogP contribution in [0.15, 0.2) is 24.3 Å². The van der Waals surface area contributed by atoms with Crippen LogP contribution in [-0.4, -0.2) is 60.2 Å². The van der Waals surface area contributed by atoms with Gasteiger partial charge in [0.15, 0.2) is 0 Å². The molecule has 1 atom stereocenters. The molecule has 2 heterocycles. The van der Waals surface area contributed by atoms with Crippen LogP contribution >= 0.6 is 0 Å². The van der Waals surface area contributed by atoms with Gasteiger partial charge in [-0.15, -0.1) is 0 Å². The van der Waals surface area contributed by atoms with Crippen molar-refractivity contribution in [3.8, 4) is 0 Å². The highest BCUT2D eigenvalue weighted by Crippen LogP contribution is 2.50. The average Bonchev–Trinajstić information content (AvgIpc) is 3.32. The Bertz CT molecular complexity index is 754. The number of amides is 3. The van der Waals surface area contributed by atoms with Crippen LogP contribution in [0.3, 0.4) is 0 Å². The standard InChI is InChI=1S/C19H22FN3O3/c1-21-17(25)12-8-16(24)23(9-12)15-10-22(11-15)18(26)19(6-7-19)13-2-4-14(20)5-3-13/h2-5,12,15H,6-11H2,1H3,(H,21,25). The van der Waals surface area contributed by atoms with E-state index in [1.54, 1.807) is 29.0 Å². The molecule has 1 N–H and O–H groups in total. The largest absolute Gasteiger partial charge is 0.359 e. The van der Waals surface area contributed by atoms with E-state index < -0.39 is 5.41 Å². The van der Waals surface area contributed by atoms with Crippen molar-refractivity contribution in [2.45, 2.75) is 30.7 Å². The quantitative estimate of drug-likeness (QED) is 0.859. The van der Waals surface area contributed by atoms with Gasteiger partial charge >= 0.3 is 0 Å². The topological polar surface area (TPSA) is 69.7 Å². The van der Waals surface area contributed by atoms with Crippen LogP contribution in [0, 0.1) is 11.7 Å². The van der Waals surface area contributed by atoms with E-state index in [9.17, 15) is 18.8 Å². The minimum absolute atomic E-state index is 0.00914. The number of likely N-dealkylation sites (tertiary alicyclic amines) is 2. The van der Waals surface area contributed by atoms with E-state index in [-0.39, 0.29) is 41.9 Å². The van der Waals surface area contributed by atoms with Gasteiger partial charge in [0.05, 0.1) is 17.4 Å². The molecule has 3 aliphatic rings. The van der Waals surface area contributed by atoms with E-state index >= 15 is 0 Å². The lowest BCUT2D eigenvalue weighted by molar-refractivity contribution is -0.146. The van der Waals surface area contributed by atoms with Crippen LogP contribution in [0.2, 0.25) is 0 Å². The number of carbonyl (C=O) groups excluding carboxylic acids is 3. The Kier molecular flexibility index (Phi) is 3.97. The molecule has 2 aliphatic heterocycles. The molecule has 0 aromatic heterocycles. The lowest BCUT2D eigenvalue weighted by atomic mass is 9.92. The first-order valence-corrected chi connectivity index (χ1v) is 9.01. The lowest BCUT2D eigenvalue weighted by Gasteiger charge is -2.45. The van der Waals surface area contributed by atoms with E-state index in [1.807, 2.05) is 0 Å². The second-order valence-corrected chi connectivity index (χ2v) is 7.51. The lowest BCUT2D eigenvalue weighted by Crippen LogP contribution is -2.63. The minimum atomic E-state index is -0.516. The molecule has 3 fully saturated rings. The Morgan fingerprint density at radius 1 is 1.15 bits per heavy atom. The molecule has 1 aromatic rings. The van der Waals surface area contributed by atoms with Crippen molar-refractivity contribution >= 4 is 17.7 Å². The van der Waals surface area contributed by atoms with Crippen molar-refractivity contribution in [3.05, 3.63) is 35.6 Å². The number of nitrogens with zero attached hydrogens (tertiary/aromatic N) is 2. The molecule has 2 saturated heterocycles. The van der Waals surface area contributed by atoms with Crippen LogP contribution in [0.5, 0.6) is 0 Å². The van der Waals surface area contributed by atoms with Gasteiger partial charge < -0.3 is 15.1 Å². The first kappa shape index (κ1) is 17.0. The molecule has 1 unspecified atom stereocenters. The summed E-state index contributed by atoms with van der Waals surface area (Å²) < 4.78 is 13.1. The number of rotatable bonds is 4. The van der Waals surface area contributed by atoms with Crippen LogP contribution in [0.1, 0.15) is 24.8 Å². The molecule has 4 rings (SSSR count). The molecule has 1 aliphatic carbocycles. The molecule has 3 amide bonds. The van der Waals surface area contributed by atoms with Gasteiger partial charge in [-0.3, -0.25) is 14.4 Å². The summed E-state index contributed by atoms with van der Waals surface area (Å²) in [5, 5.41) is 2.59. The fourth-order valence-electron chi connectivity index (χ4n) is 4.11. The molecule has 0 bridgehead atoms. The number of hydrogen-bond donors (Lipinski definition) is 1. The van der Waals surface area contributed by atoms with E-state index in [1.165, 1.54) is 12.1 Å². The number of nitrogens with one attached hydrogen (secondary N) is 1. The van der Waals surface area contributed by atoms with Gasteiger partial charge in [0.1, 0.15) is 5.82 Å². The summed E-state index contributed by atoms with van der Waals surface area (Å²) in [6.07, 6.45) is 1.80. The van der Waals surface area contributed by atoms with Gasteiger partial charge in [-0.1, -0.05) is 12.1 Å². The summed E-state index contributed by atoms with van der Waals surface area (Å²) in [6.45, 7) is 1.44. The van der Waals surface area contributed by atoms with E-state index in [2.05, 4.69) is 5.32 Å². The Morgan fingerprint density at radius 3 is 2.38 bits per heavy atom. The van der Waals surface area contributed by atoms with Crippen molar-refractivity contribution in [1.29, 1.82) is 0 Å². The normalized spacial score (nSPS) is 24.4. The van der Waals surface area contributed by atoms with Gasteiger partial charge in [-0.25, -0.2) is 4.39 Å². The van der Waals surface area contributed by atoms with Crippen molar-refractivity contribution < 1.29 is 18.8 Å². The number of hydrogen-bond acceptors (Lipinski definition) is 3. The third kappa shape index (κ3) is 2.66. The minimum Gasteiger partial charge on any atom is -0.359 e. The highest BCUT2D eigenvalue weighted by Gasteiger charge is 2.55. The molecule has 138 valence electrons. The molecule has 1 saturated carbocycles. The Hall–Kier alpha value is -2.44. The van der Waals surface area contributed by atoms with E-state index in [0.717, 1.165) is 18.4 Å². The molecule has 0 spiro atoms. The van der Waals surface area contributed by atoms with Gasteiger partial charge in [-0.2, -0.15) is 0 Å². The Labute approximate surface area is 151 Å². The van der Waals surface area contributed by atoms with Gasteiger partial charge in [-0.05, 0) is 30.5 Å². The Morgan fingerprint density at radius 2 is 1.81 bits per heavy atom. The molecular weight excluding hydrogens is 337 g/mol. The third-order valence-corrected chi connectivity index (χ3v) is 5.92. The molecule has 0 radical (unpaired) electrons. The van der Waals surface area contributed by atoms with E-state index in [0.29, 0.717) is 19.6 Å². The van der Waals surface area contributed by atoms with Crippen molar-refractivity contribution in [3.63, 3.8) is 0 Å².